The molecule has 3 heterocycles. The van der Waals surface area contributed by atoms with Gasteiger partial charge in [0.05, 0.1) is 17.6 Å². The van der Waals surface area contributed by atoms with Crippen LogP contribution in [0.4, 0.5) is 0 Å². The first kappa shape index (κ1) is 25.5. The number of aryl methyl sites for hydroxylation is 2. The number of hydrogen-bond acceptors (Lipinski definition) is 7. The Morgan fingerprint density at radius 3 is 2.46 bits per heavy atom. The summed E-state index contributed by atoms with van der Waals surface area (Å²) in [4.78, 5) is 46.5. The molecular weight excluding hydrogens is 506 g/mol. The first-order valence-corrected chi connectivity index (χ1v) is 14.3. The standard InChI is InChI=1S/C28H29N3O4S2/c1-18-22(37-17-29-18)13-12-21-16-36-27-24(30-23(32)14-19-8-4-2-5-9-19)26(33)31(27)25(21)28(34)35-15-20-10-6-3-7-11-20/h2-11,17,21,24-25,27H,12-16H2,1H3,(H,30,32). The molecule has 37 heavy (non-hydrogen) atoms. The van der Waals surface area contributed by atoms with Crippen molar-refractivity contribution < 1.29 is 19.1 Å². The second-order valence-electron chi connectivity index (χ2n) is 9.37. The fourth-order valence-electron chi connectivity index (χ4n) is 4.88. The maximum Gasteiger partial charge on any atom is 0.329 e. The molecule has 0 bridgehead atoms. The highest BCUT2D eigenvalue weighted by atomic mass is 32.2. The molecule has 0 aliphatic carbocycles. The number of amides is 2. The molecular formula is C28H29N3O4S2. The summed E-state index contributed by atoms with van der Waals surface area (Å²) < 4.78 is 5.72. The van der Waals surface area contributed by atoms with Gasteiger partial charge in [-0.2, -0.15) is 0 Å². The second kappa shape index (κ2) is 11.5. The molecule has 4 atom stereocenters. The van der Waals surface area contributed by atoms with E-state index in [0.29, 0.717) is 5.75 Å². The monoisotopic (exact) mass is 535 g/mol. The van der Waals surface area contributed by atoms with E-state index < -0.39 is 12.1 Å². The minimum Gasteiger partial charge on any atom is -0.459 e. The summed E-state index contributed by atoms with van der Waals surface area (Å²) in [6, 6.07) is 17.7. The number of nitrogens with zero attached hydrogens (tertiary/aromatic N) is 2. The summed E-state index contributed by atoms with van der Waals surface area (Å²) in [5.41, 5.74) is 4.63. The van der Waals surface area contributed by atoms with E-state index in [9.17, 15) is 14.4 Å². The van der Waals surface area contributed by atoms with E-state index in [2.05, 4.69) is 10.3 Å². The molecule has 7 nitrogen and oxygen atoms in total. The van der Waals surface area contributed by atoms with Crippen molar-refractivity contribution in [2.75, 3.05) is 5.75 Å². The average molecular weight is 536 g/mol. The van der Waals surface area contributed by atoms with Crippen molar-refractivity contribution >= 4 is 40.9 Å². The third kappa shape index (κ3) is 5.72. The highest BCUT2D eigenvalue weighted by molar-refractivity contribution is 8.00. The van der Waals surface area contributed by atoms with Crippen molar-refractivity contribution in [3.05, 3.63) is 87.9 Å². The molecule has 9 heteroatoms. The summed E-state index contributed by atoms with van der Waals surface area (Å²) in [6.45, 7) is 2.15. The van der Waals surface area contributed by atoms with Crippen molar-refractivity contribution in [3.63, 3.8) is 0 Å². The van der Waals surface area contributed by atoms with Crippen molar-refractivity contribution in [2.45, 2.75) is 50.3 Å². The van der Waals surface area contributed by atoms with Gasteiger partial charge in [-0.25, -0.2) is 9.78 Å². The predicted molar refractivity (Wildman–Crippen MR) is 144 cm³/mol. The Morgan fingerprint density at radius 2 is 1.78 bits per heavy atom. The van der Waals surface area contributed by atoms with Crippen LogP contribution in [0.2, 0.25) is 0 Å². The molecule has 2 saturated heterocycles. The normalized spacial score (nSPS) is 22.6. The number of rotatable bonds is 9. The zero-order valence-corrected chi connectivity index (χ0v) is 22.2. The highest BCUT2D eigenvalue weighted by Crippen LogP contribution is 2.42. The van der Waals surface area contributed by atoms with Crippen LogP contribution >= 0.6 is 23.1 Å². The molecule has 0 spiro atoms. The number of thioether (sulfide) groups is 1. The average Bonchev–Trinajstić information content (AvgIpc) is 3.34. The largest absolute Gasteiger partial charge is 0.459 e. The van der Waals surface area contributed by atoms with Gasteiger partial charge in [0.25, 0.3) is 0 Å². The van der Waals surface area contributed by atoms with E-state index in [1.807, 2.05) is 73.1 Å². The van der Waals surface area contributed by atoms with Crippen LogP contribution in [0.25, 0.3) is 0 Å². The molecule has 0 saturated carbocycles. The number of benzene rings is 2. The molecule has 1 N–H and O–H groups in total. The van der Waals surface area contributed by atoms with E-state index in [1.54, 1.807) is 28.0 Å². The lowest BCUT2D eigenvalue weighted by molar-refractivity contribution is -0.169. The van der Waals surface area contributed by atoms with Crippen molar-refractivity contribution in [1.29, 1.82) is 0 Å². The fraction of sp³-hybridized carbons (Fsp3) is 0.357. The van der Waals surface area contributed by atoms with Gasteiger partial charge in [-0.05, 0) is 36.8 Å². The van der Waals surface area contributed by atoms with E-state index in [0.717, 1.165) is 29.7 Å². The smallest absolute Gasteiger partial charge is 0.329 e. The zero-order valence-electron chi connectivity index (χ0n) is 20.5. The van der Waals surface area contributed by atoms with Crippen molar-refractivity contribution in [2.24, 2.45) is 5.92 Å². The van der Waals surface area contributed by atoms with Gasteiger partial charge < -0.3 is 15.0 Å². The number of hydrogen-bond donors (Lipinski definition) is 1. The Morgan fingerprint density at radius 1 is 1.08 bits per heavy atom. The van der Waals surface area contributed by atoms with Crippen LogP contribution in [-0.4, -0.2) is 50.9 Å². The van der Waals surface area contributed by atoms with Crippen LogP contribution in [0.1, 0.15) is 28.1 Å². The number of carbonyl (C=O) groups excluding carboxylic acids is 3. The molecule has 2 aliphatic heterocycles. The van der Waals surface area contributed by atoms with Gasteiger partial charge in [-0.15, -0.1) is 23.1 Å². The molecule has 2 aromatic carbocycles. The SMILES string of the molecule is Cc1ncsc1CCC1CSC2C(NC(=O)Cc3ccccc3)C(=O)N2C1C(=O)OCc1ccccc1. The molecule has 2 amide bonds. The summed E-state index contributed by atoms with van der Waals surface area (Å²) in [6.07, 6.45) is 1.76. The van der Waals surface area contributed by atoms with E-state index in [1.165, 1.54) is 4.88 Å². The van der Waals surface area contributed by atoms with Crippen LogP contribution < -0.4 is 5.32 Å². The first-order chi connectivity index (χ1) is 18.0. The van der Waals surface area contributed by atoms with E-state index >= 15 is 0 Å². The quantitative estimate of drug-likeness (QED) is 0.332. The third-order valence-corrected chi connectivity index (χ3v) is 9.34. The van der Waals surface area contributed by atoms with Crippen molar-refractivity contribution in [1.82, 2.24) is 15.2 Å². The van der Waals surface area contributed by atoms with Crippen LogP contribution in [0.5, 0.6) is 0 Å². The van der Waals surface area contributed by atoms with Gasteiger partial charge >= 0.3 is 5.97 Å². The highest BCUT2D eigenvalue weighted by Gasteiger charge is 2.58. The number of thiazole rings is 1. The lowest BCUT2D eigenvalue weighted by Crippen LogP contribution is -2.76. The summed E-state index contributed by atoms with van der Waals surface area (Å²) >= 11 is 3.25. The molecule has 1 aromatic heterocycles. The number of esters is 1. The number of β-lactam (4-membered cyclic amide) rings is 1. The Balaban J connectivity index is 1.27. The number of ether oxygens (including phenoxy) is 1. The lowest BCUT2D eigenvalue weighted by Gasteiger charge is -2.54. The van der Waals surface area contributed by atoms with Gasteiger partial charge in [-0.3, -0.25) is 9.59 Å². The van der Waals surface area contributed by atoms with E-state index in [4.69, 9.17) is 4.74 Å². The number of fused-ring (bicyclic) bond motifs is 1. The maximum absolute atomic E-state index is 13.4. The number of nitrogens with one attached hydrogen (secondary N) is 1. The fourth-order valence-corrected chi connectivity index (χ4v) is 7.24. The molecule has 2 fully saturated rings. The Labute approximate surface area is 224 Å². The zero-order chi connectivity index (χ0) is 25.8. The predicted octanol–water partition coefficient (Wildman–Crippen LogP) is 3.75. The molecule has 4 unspecified atom stereocenters. The van der Waals surface area contributed by atoms with E-state index in [-0.39, 0.29) is 42.1 Å². The van der Waals surface area contributed by atoms with Gasteiger partial charge in [0.15, 0.2) is 0 Å². The van der Waals surface area contributed by atoms with Gasteiger partial charge in [0.2, 0.25) is 11.8 Å². The van der Waals surface area contributed by atoms with Crippen molar-refractivity contribution in [3.8, 4) is 0 Å². The molecule has 192 valence electrons. The molecule has 0 radical (unpaired) electrons. The van der Waals surface area contributed by atoms with Crippen LogP contribution in [0, 0.1) is 12.8 Å². The number of aromatic nitrogens is 1. The maximum atomic E-state index is 13.4. The van der Waals surface area contributed by atoms with Crippen LogP contribution in [0.3, 0.4) is 0 Å². The Hall–Kier alpha value is -3.17. The summed E-state index contributed by atoms with van der Waals surface area (Å²) in [5.74, 6) is -0.142. The minimum atomic E-state index is -0.669. The van der Waals surface area contributed by atoms with Gasteiger partial charge in [-0.1, -0.05) is 60.7 Å². The van der Waals surface area contributed by atoms with Crippen LogP contribution in [-0.2, 0) is 38.6 Å². The minimum absolute atomic E-state index is 0.0454. The molecule has 3 aromatic rings. The number of carbonyl (C=O) groups is 3. The lowest BCUT2D eigenvalue weighted by atomic mass is 9.89. The molecule has 5 rings (SSSR count). The van der Waals surface area contributed by atoms with Gasteiger partial charge in [0.1, 0.15) is 24.1 Å². The Kier molecular flexibility index (Phi) is 7.90. The second-order valence-corrected chi connectivity index (χ2v) is 11.5. The molecule has 2 aliphatic rings. The summed E-state index contributed by atoms with van der Waals surface area (Å²) in [7, 11) is 0. The topological polar surface area (TPSA) is 88.6 Å². The van der Waals surface area contributed by atoms with Gasteiger partial charge in [0, 0.05) is 10.6 Å². The first-order valence-electron chi connectivity index (χ1n) is 12.4. The Bertz CT molecular complexity index is 1250. The summed E-state index contributed by atoms with van der Waals surface area (Å²) in [5, 5.41) is 2.62. The van der Waals surface area contributed by atoms with Crippen LogP contribution in [0.15, 0.2) is 66.2 Å². The third-order valence-electron chi connectivity index (χ3n) is 6.88.